The number of hydrogen-bond acceptors (Lipinski definition) is 5. The van der Waals surface area contributed by atoms with Gasteiger partial charge in [-0.15, -0.1) is 0 Å². The average Bonchev–Trinajstić information content (AvgIpc) is 2.60. The quantitative estimate of drug-likeness (QED) is 0.535. The highest BCUT2D eigenvalue weighted by atomic mass is 16.6. The summed E-state index contributed by atoms with van der Waals surface area (Å²) in [6.45, 7) is 9.12. The normalized spacial score (nSPS) is 10.8. The number of aryl methyl sites for hydroxylation is 2. The van der Waals surface area contributed by atoms with Crippen molar-refractivity contribution in [1.82, 2.24) is 9.78 Å². The van der Waals surface area contributed by atoms with Crippen LogP contribution in [0.3, 0.4) is 0 Å². The second kappa shape index (κ2) is 9.17. The van der Waals surface area contributed by atoms with E-state index in [2.05, 4.69) is 31.9 Å². The summed E-state index contributed by atoms with van der Waals surface area (Å²) in [4.78, 5) is 23.7. The maximum Gasteiger partial charge on any atom is 0.358 e. The van der Waals surface area contributed by atoms with Crippen LogP contribution in [-0.4, -0.2) is 29.0 Å². The van der Waals surface area contributed by atoms with Crippen LogP contribution >= 0.6 is 0 Å². The van der Waals surface area contributed by atoms with E-state index in [-0.39, 0.29) is 24.5 Å². The molecule has 0 bridgehead atoms. The maximum absolute atomic E-state index is 12.0. The number of ether oxygens (including phenoxy) is 2. The number of carbonyl (C=O) groups excluding carboxylic acids is 1. The zero-order valence-corrected chi connectivity index (χ0v) is 15.8. The molecule has 0 amide bonds. The van der Waals surface area contributed by atoms with Gasteiger partial charge >= 0.3 is 5.97 Å². The van der Waals surface area contributed by atoms with Gasteiger partial charge in [0.15, 0.2) is 5.69 Å². The highest BCUT2D eigenvalue weighted by molar-refractivity contribution is 5.86. The van der Waals surface area contributed by atoms with Crippen molar-refractivity contribution in [2.75, 3.05) is 13.2 Å². The van der Waals surface area contributed by atoms with Gasteiger partial charge in [-0.1, -0.05) is 26.8 Å². The van der Waals surface area contributed by atoms with Crippen LogP contribution in [0.5, 0.6) is 5.75 Å². The van der Waals surface area contributed by atoms with Crippen LogP contribution in [0.25, 0.3) is 0 Å². The minimum atomic E-state index is -0.565. The molecule has 0 aliphatic carbocycles. The second-order valence-electron chi connectivity index (χ2n) is 6.44. The molecule has 6 heteroatoms. The molecule has 0 saturated carbocycles. The number of rotatable bonds is 8. The summed E-state index contributed by atoms with van der Waals surface area (Å²) < 4.78 is 12.1. The highest BCUT2D eigenvalue weighted by Gasteiger charge is 2.11. The van der Waals surface area contributed by atoms with E-state index in [1.54, 1.807) is 0 Å². The minimum Gasteiger partial charge on any atom is -0.490 e. The molecule has 0 spiro atoms. The van der Waals surface area contributed by atoms with E-state index in [4.69, 9.17) is 9.47 Å². The van der Waals surface area contributed by atoms with E-state index in [0.717, 1.165) is 12.2 Å². The molecule has 2 aromatic rings. The predicted molar refractivity (Wildman–Crippen MR) is 99.8 cm³/mol. The summed E-state index contributed by atoms with van der Waals surface area (Å²) in [5.41, 5.74) is 2.36. The van der Waals surface area contributed by atoms with E-state index in [1.807, 2.05) is 19.1 Å². The maximum atomic E-state index is 12.0. The zero-order chi connectivity index (χ0) is 19.1. The van der Waals surface area contributed by atoms with Crippen LogP contribution < -0.4 is 10.3 Å². The third-order valence-electron chi connectivity index (χ3n) is 3.96. The molecule has 2 rings (SSSR count). The van der Waals surface area contributed by atoms with Gasteiger partial charge in [-0.2, -0.15) is 5.10 Å². The molecule has 1 aromatic carbocycles. The van der Waals surface area contributed by atoms with Crippen LogP contribution in [0.1, 0.15) is 54.7 Å². The summed E-state index contributed by atoms with van der Waals surface area (Å²) >= 11 is 0. The van der Waals surface area contributed by atoms with E-state index in [0.29, 0.717) is 12.5 Å². The molecule has 6 nitrogen and oxygen atoms in total. The van der Waals surface area contributed by atoms with E-state index in [9.17, 15) is 9.59 Å². The van der Waals surface area contributed by atoms with Gasteiger partial charge in [0.1, 0.15) is 19.0 Å². The van der Waals surface area contributed by atoms with Crippen molar-refractivity contribution >= 4 is 5.97 Å². The standard InChI is InChI=1S/C20H26N2O4/c1-5-10-22-19(23)9-8-18(21-22)20(24)26-12-11-25-16-6-7-17(14(2)3)15(4)13-16/h6-9,13-14H,5,10-12H2,1-4H3. The third-order valence-corrected chi connectivity index (χ3v) is 3.96. The lowest BCUT2D eigenvalue weighted by Crippen LogP contribution is -2.25. The van der Waals surface area contributed by atoms with Gasteiger partial charge in [0.25, 0.3) is 5.56 Å². The molecule has 0 aliphatic heterocycles. The smallest absolute Gasteiger partial charge is 0.358 e. The van der Waals surface area contributed by atoms with Crippen molar-refractivity contribution in [2.24, 2.45) is 0 Å². The Labute approximate surface area is 153 Å². The monoisotopic (exact) mass is 358 g/mol. The lowest BCUT2D eigenvalue weighted by atomic mass is 9.98. The van der Waals surface area contributed by atoms with Gasteiger partial charge in [0, 0.05) is 12.6 Å². The molecule has 0 N–H and O–H groups in total. The van der Waals surface area contributed by atoms with Crippen LogP contribution in [0.2, 0.25) is 0 Å². The first-order valence-electron chi connectivity index (χ1n) is 8.91. The summed E-state index contributed by atoms with van der Waals surface area (Å²) in [5.74, 6) is 0.649. The van der Waals surface area contributed by atoms with Crippen molar-refractivity contribution in [3.05, 3.63) is 57.5 Å². The summed E-state index contributed by atoms with van der Waals surface area (Å²) in [6, 6.07) is 8.68. The summed E-state index contributed by atoms with van der Waals surface area (Å²) in [7, 11) is 0. The fraction of sp³-hybridized carbons (Fsp3) is 0.450. The first kappa shape index (κ1) is 19.7. The molecule has 0 unspecified atom stereocenters. The average molecular weight is 358 g/mol. The van der Waals surface area contributed by atoms with Crippen LogP contribution in [0, 0.1) is 6.92 Å². The summed E-state index contributed by atoms with van der Waals surface area (Å²) in [5, 5.41) is 4.03. The number of benzene rings is 1. The van der Waals surface area contributed by atoms with E-state index >= 15 is 0 Å². The summed E-state index contributed by atoms with van der Waals surface area (Å²) in [6.07, 6.45) is 0.758. The van der Waals surface area contributed by atoms with Crippen molar-refractivity contribution in [1.29, 1.82) is 0 Å². The Morgan fingerprint density at radius 3 is 2.62 bits per heavy atom. The fourth-order valence-electron chi connectivity index (χ4n) is 2.68. The first-order chi connectivity index (χ1) is 12.4. The molecule has 0 radical (unpaired) electrons. The minimum absolute atomic E-state index is 0.110. The van der Waals surface area contributed by atoms with Gasteiger partial charge in [0.2, 0.25) is 0 Å². The topological polar surface area (TPSA) is 70.4 Å². The predicted octanol–water partition coefficient (Wildman–Crippen LogP) is 3.32. The molecular weight excluding hydrogens is 332 g/mol. The Morgan fingerprint density at radius 2 is 1.96 bits per heavy atom. The van der Waals surface area contributed by atoms with Gasteiger partial charge in [0.05, 0.1) is 0 Å². The van der Waals surface area contributed by atoms with Crippen LogP contribution in [0.4, 0.5) is 0 Å². The fourth-order valence-corrected chi connectivity index (χ4v) is 2.68. The third kappa shape index (κ3) is 5.18. The number of carbonyl (C=O) groups is 1. The van der Waals surface area contributed by atoms with Crippen molar-refractivity contribution < 1.29 is 14.3 Å². The van der Waals surface area contributed by atoms with Gasteiger partial charge < -0.3 is 9.47 Å². The molecular formula is C20H26N2O4. The molecule has 0 fully saturated rings. The Kier molecular flexibility index (Phi) is 6.95. The molecule has 0 atom stereocenters. The van der Waals surface area contributed by atoms with E-state index < -0.39 is 5.97 Å². The largest absolute Gasteiger partial charge is 0.490 e. The molecule has 140 valence electrons. The van der Waals surface area contributed by atoms with Gasteiger partial charge in [-0.25, -0.2) is 9.48 Å². The Morgan fingerprint density at radius 1 is 1.19 bits per heavy atom. The number of hydrogen-bond donors (Lipinski definition) is 0. The SMILES string of the molecule is CCCn1nc(C(=O)OCCOc2ccc(C(C)C)c(C)c2)ccc1=O. The Balaban J connectivity index is 1.86. The first-order valence-corrected chi connectivity index (χ1v) is 8.91. The van der Waals surface area contributed by atoms with E-state index in [1.165, 1.54) is 27.9 Å². The van der Waals surface area contributed by atoms with Crippen molar-refractivity contribution in [2.45, 2.75) is 46.6 Å². The second-order valence-corrected chi connectivity index (χ2v) is 6.44. The number of nitrogens with zero attached hydrogens (tertiary/aromatic N) is 2. The lowest BCUT2D eigenvalue weighted by Gasteiger charge is -2.12. The number of aromatic nitrogens is 2. The Bertz CT molecular complexity index is 812. The van der Waals surface area contributed by atoms with Gasteiger partial charge in [-0.3, -0.25) is 4.79 Å². The van der Waals surface area contributed by atoms with Crippen molar-refractivity contribution in [3.63, 3.8) is 0 Å². The van der Waals surface area contributed by atoms with Crippen LogP contribution in [0.15, 0.2) is 35.1 Å². The van der Waals surface area contributed by atoms with Crippen LogP contribution in [-0.2, 0) is 11.3 Å². The molecule has 1 aromatic heterocycles. The molecule has 26 heavy (non-hydrogen) atoms. The lowest BCUT2D eigenvalue weighted by molar-refractivity contribution is 0.0440. The molecule has 0 saturated heterocycles. The number of esters is 1. The molecule has 0 aliphatic rings. The van der Waals surface area contributed by atoms with Crippen molar-refractivity contribution in [3.8, 4) is 5.75 Å². The highest BCUT2D eigenvalue weighted by Crippen LogP contribution is 2.23. The Hall–Kier alpha value is -2.63. The van der Waals surface area contributed by atoms with Gasteiger partial charge in [-0.05, 0) is 48.6 Å². The molecule has 1 heterocycles. The zero-order valence-electron chi connectivity index (χ0n) is 15.8.